The number of carboxylic acid groups (broad SMARTS) is 1. The first-order chi connectivity index (χ1) is 8.52. The number of carbonyl (C=O) groups excluding carboxylic acids is 1. The van der Waals surface area contributed by atoms with Crippen LogP contribution in [0.4, 0.5) is 0 Å². The van der Waals surface area contributed by atoms with Gasteiger partial charge < -0.3 is 19.7 Å². The molecule has 0 saturated heterocycles. The lowest BCUT2D eigenvalue weighted by Gasteiger charge is -2.11. The minimum absolute atomic E-state index is 0.0931. The van der Waals surface area contributed by atoms with Crippen LogP contribution in [0.25, 0.3) is 0 Å². The Morgan fingerprint density at radius 2 is 2.44 bits per heavy atom. The van der Waals surface area contributed by atoms with E-state index in [0.29, 0.717) is 5.76 Å². The third kappa shape index (κ3) is 4.17. The number of hydrogen-bond acceptors (Lipinski definition) is 5. The van der Waals surface area contributed by atoms with E-state index in [0.717, 1.165) is 0 Å². The molecule has 0 spiro atoms. The number of nitrogens with zero attached hydrogens (tertiary/aromatic N) is 1. The van der Waals surface area contributed by atoms with Gasteiger partial charge in [0, 0.05) is 12.5 Å². The molecular weight excluding hydrogens is 240 g/mol. The molecule has 1 atom stereocenters. The van der Waals surface area contributed by atoms with Gasteiger partial charge >= 0.3 is 5.97 Å². The molecule has 0 aliphatic heterocycles. The maximum Gasteiger partial charge on any atom is 0.327 e. The van der Waals surface area contributed by atoms with Crippen molar-refractivity contribution >= 4 is 11.9 Å². The van der Waals surface area contributed by atoms with Crippen molar-refractivity contribution in [2.75, 3.05) is 6.61 Å². The van der Waals surface area contributed by atoms with Crippen molar-refractivity contribution in [2.45, 2.75) is 19.4 Å². The molecule has 96 valence electrons. The predicted molar refractivity (Wildman–Crippen MR) is 59.8 cm³/mol. The lowest BCUT2D eigenvalue weighted by Crippen LogP contribution is -2.42. The Morgan fingerprint density at radius 1 is 1.72 bits per heavy atom. The molecule has 1 aromatic rings. The molecule has 0 bridgehead atoms. The van der Waals surface area contributed by atoms with Gasteiger partial charge in [0.2, 0.25) is 0 Å². The highest BCUT2D eigenvalue weighted by molar-refractivity contribution is 5.84. The van der Waals surface area contributed by atoms with Crippen LogP contribution in [0.2, 0.25) is 0 Å². The minimum atomic E-state index is -1.20. The molecule has 18 heavy (non-hydrogen) atoms. The zero-order valence-electron chi connectivity index (χ0n) is 9.67. The monoisotopic (exact) mass is 252 g/mol. The normalized spacial score (nSPS) is 11.3. The fraction of sp³-hybridized carbons (Fsp3) is 0.364. The van der Waals surface area contributed by atoms with Crippen LogP contribution in [0.3, 0.4) is 0 Å². The van der Waals surface area contributed by atoms with Crippen molar-refractivity contribution in [1.82, 2.24) is 10.5 Å². The van der Waals surface area contributed by atoms with Crippen LogP contribution in [0, 0.1) is 19.3 Å². The van der Waals surface area contributed by atoms with Crippen LogP contribution in [0.5, 0.6) is 5.88 Å². The van der Waals surface area contributed by atoms with E-state index >= 15 is 0 Å². The summed E-state index contributed by atoms with van der Waals surface area (Å²) in [5.41, 5.74) is 0. The lowest BCUT2D eigenvalue weighted by molar-refractivity contribution is -0.141. The van der Waals surface area contributed by atoms with Crippen molar-refractivity contribution < 1.29 is 24.0 Å². The molecule has 1 aromatic heterocycles. The van der Waals surface area contributed by atoms with Crippen LogP contribution in [-0.2, 0) is 9.59 Å². The molecule has 0 aromatic carbocycles. The summed E-state index contributed by atoms with van der Waals surface area (Å²) >= 11 is 0. The summed E-state index contributed by atoms with van der Waals surface area (Å²) < 4.78 is 9.71. The Kier molecular flexibility index (Phi) is 4.75. The molecule has 0 saturated carbocycles. The first-order valence-electron chi connectivity index (χ1n) is 5.04. The standard InChI is InChI=1S/C11H12N2O5/c1-3-4-8(11(15)16)12-9(14)6-17-10-5-7(2)18-13-10/h1,5,8H,4,6H2,2H3,(H,12,14)(H,15,16). The number of carbonyl (C=O) groups is 2. The van der Waals surface area contributed by atoms with Gasteiger partial charge in [-0.25, -0.2) is 4.79 Å². The van der Waals surface area contributed by atoms with E-state index < -0.39 is 17.9 Å². The van der Waals surface area contributed by atoms with Crippen LogP contribution < -0.4 is 10.1 Å². The Morgan fingerprint density at radius 3 is 2.94 bits per heavy atom. The van der Waals surface area contributed by atoms with E-state index in [2.05, 4.69) is 16.4 Å². The maximum absolute atomic E-state index is 11.4. The largest absolute Gasteiger partial charge is 0.480 e. The molecule has 0 aliphatic rings. The van der Waals surface area contributed by atoms with Crippen molar-refractivity contribution in [2.24, 2.45) is 0 Å². The van der Waals surface area contributed by atoms with Gasteiger partial charge in [-0.05, 0) is 12.1 Å². The molecule has 0 radical (unpaired) electrons. The second kappa shape index (κ2) is 6.30. The number of amides is 1. The first kappa shape index (κ1) is 13.6. The van der Waals surface area contributed by atoms with Crippen LogP contribution in [0.15, 0.2) is 10.6 Å². The van der Waals surface area contributed by atoms with Gasteiger partial charge in [0.05, 0.1) is 0 Å². The summed E-state index contributed by atoms with van der Waals surface area (Å²) in [5, 5.41) is 14.5. The van der Waals surface area contributed by atoms with Gasteiger partial charge in [-0.15, -0.1) is 12.3 Å². The number of ether oxygens (including phenoxy) is 1. The molecule has 7 heteroatoms. The fourth-order valence-corrected chi connectivity index (χ4v) is 1.11. The zero-order valence-corrected chi connectivity index (χ0v) is 9.67. The fourth-order valence-electron chi connectivity index (χ4n) is 1.11. The van der Waals surface area contributed by atoms with Gasteiger partial charge in [-0.2, -0.15) is 0 Å². The van der Waals surface area contributed by atoms with E-state index in [4.69, 9.17) is 20.8 Å². The van der Waals surface area contributed by atoms with E-state index in [1.807, 2.05) is 0 Å². The second-order valence-corrected chi connectivity index (χ2v) is 3.43. The Balaban J connectivity index is 2.41. The molecule has 1 unspecified atom stereocenters. The summed E-state index contributed by atoms with van der Waals surface area (Å²) in [6.45, 7) is 1.31. The number of nitrogens with one attached hydrogen (secondary N) is 1. The molecular formula is C11H12N2O5. The second-order valence-electron chi connectivity index (χ2n) is 3.43. The van der Waals surface area contributed by atoms with E-state index in [9.17, 15) is 9.59 Å². The lowest BCUT2D eigenvalue weighted by atomic mass is 10.2. The highest BCUT2D eigenvalue weighted by atomic mass is 16.5. The van der Waals surface area contributed by atoms with Crippen molar-refractivity contribution in [1.29, 1.82) is 0 Å². The van der Waals surface area contributed by atoms with Crippen molar-refractivity contribution in [3.8, 4) is 18.2 Å². The molecule has 7 nitrogen and oxygen atoms in total. The number of aromatic nitrogens is 1. The summed E-state index contributed by atoms with van der Waals surface area (Å²) in [6.07, 6.45) is 4.90. The highest BCUT2D eigenvalue weighted by Gasteiger charge is 2.19. The van der Waals surface area contributed by atoms with Gasteiger partial charge in [-0.1, -0.05) is 0 Å². The van der Waals surface area contributed by atoms with Crippen LogP contribution >= 0.6 is 0 Å². The predicted octanol–water partition coefficient (Wildman–Crippen LogP) is -0.0455. The summed E-state index contributed by atoms with van der Waals surface area (Å²) in [6, 6.07) is 0.383. The number of aryl methyl sites for hydroxylation is 1. The quantitative estimate of drug-likeness (QED) is 0.688. The average Bonchev–Trinajstić information content (AvgIpc) is 2.72. The molecule has 2 N–H and O–H groups in total. The highest BCUT2D eigenvalue weighted by Crippen LogP contribution is 2.09. The first-order valence-corrected chi connectivity index (χ1v) is 5.04. The van der Waals surface area contributed by atoms with E-state index in [-0.39, 0.29) is 18.9 Å². The number of rotatable bonds is 6. The van der Waals surface area contributed by atoms with Gasteiger partial charge in [0.15, 0.2) is 6.61 Å². The van der Waals surface area contributed by atoms with Crippen LogP contribution in [0.1, 0.15) is 12.2 Å². The number of carboxylic acids is 1. The molecule has 1 heterocycles. The smallest absolute Gasteiger partial charge is 0.327 e. The topological polar surface area (TPSA) is 102 Å². The minimum Gasteiger partial charge on any atom is -0.480 e. The zero-order chi connectivity index (χ0) is 13.5. The summed E-state index contributed by atoms with van der Waals surface area (Å²) in [7, 11) is 0. The molecule has 1 rings (SSSR count). The van der Waals surface area contributed by atoms with Crippen molar-refractivity contribution in [3.05, 3.63) is 11.8 Å². The average molecular weight is 252 g/mol. The summed E-state index contributed by atoms with van der Waals surface area (Å²) in [5.74, 6) is 1.07. The van der Waals surface area contributed by atoms with Gasteiger partial charge in [0.1, 0.15) is 11.8 Å². The van der Waals surface area contributed by atoms with Gasteiger partial charge in [-0.3, -0.25) is 4.79 Å². The van der Waals surface area contributed by atoms with Gasteiger partial charge in [0.25, 0.3) is 11.8 Å². The number of aliphatic carboxylic acids is 1. The van der Waals surface area contributed by atoms with E-state index in [1.54, 1.807) is 6.92 Å². The Bertz CT molecular complexity index is 474. The maximum atomic E-state index is 11.4. The number of hydrogen-bond donors (Lipinski definition) is 2. The van der Waals surface area contributed by atoms with Crippen LogP contribution in [-0.4, -0.2) is 34.8 Å². The SMILES string of the molecule is C#CCC(NC(=O)COc1cc(C)on1)C(=O)O. The number of terminal acetylenes is 1. The molecule has 1 amide bonds. The molecule has 0 aliphatic carbocycles. The van der Waals surface area contributed by atoms with Crippen molar-refractivity contribution in [3.63, 3.8) is 0 Å². The summed E-state index contributed by atoms with van der Waals surface area (Å²) in [4.78, 5) is 22.1. The Labute approximate surface area is 103 Å². The third-order valence-corrected chi connectivity index (χ3v) is 1.91. The molecule has 0 fully saturated rings. The third-order valence-electron chi connectivity index (χ3n) is 1.91. The van der Waals surface area contributed by atoms with E-state index in [1.165, 1.54) is 6.07 Å². The Hall–Kier alpha value is -2.49.